The molecule has 0 unspecified atom stereocenters. The molecular formula is C57H76N6O11S. The van der Waals surface area contributed by atoms with Gasteiger partial charge in [-0.3, -0.25) is 28.9 Å². The highest BCUT2D eigenvalue weighted by molar-refractivity contribution is 7.13. The quantitative estimate of drug-likeness (QED) is 0.0471. The number of carbonyl (C=O) groups is 5. The molecule has 406 valence electrons. The van der Waals surface area contributed by atoms with E-state index in [0.29, 0.717) is 71.3 Å². The lowest BCUT2D eigenvalue weighted by Gasteiger charge is -2.29. The average Bonchev–Trinajstić information content (AvgIpc) is 4.09. The van der Waals surface area contributed by atoms with Gasteiger partial charge in [0.2, 0.25) is 29.5 Å². The number of para-hydroxylation sites is 1. The summed E-state index contributed by atoms with van der Waals surface area (Å²) >= 11 is 1.54. The molecule has 1 saturated heterocycles. The van der Waals surface area contributed by atoms with Crippen molar-refractivity contribution in [3.8, 4) is 16.2 Å². The maximum absolute atomic E-state index is 13.8. The standard InChI is InChI=1S/C57H76N6O11S/c1-37-54(75-36-60-37)43-18-19-44(33-59-55(68)47-31-45(64)34-62(47)52(67)32-57(3,4)5)49(30-43)73-28-27-72-26-25-71-24-23-70-22-8-9-39-14-16-40(17-15-39)35-74-38(2)46(20-21-50(58)65)61-56(69)48-29-42-12-6-10-41-11-7-13-51(66)63(48)53(41)42/h6,10,12,14-19,30,36,38,45-48,64H,7-9,11,13,20-29,31-35H2,1-5H3,(H2,58,65)(H,59,68)(H,61,69)/t38-,45-,46+,47+,48+/m1/s1. The predicted octanol–water partition coefficient (Wildman–Crippen LogP) is 6.14. The van der Waals surface area contributed by atoms with Gasteiger partial charge in [0.25, 0.3) is 0 Å². The summed E-state index contributed by atoms with van der Waals surface area (Å²) in [7, 11) is 0. The monoisotopic (exact) mass is 1050 g/mol. The van der Waals surface area contributed by atoms with E-state index in [4.69, 9.17) is 29.4 Å². The van der Waals surface area contributed by atoms with Crippen molar-refractivity contribution in [3.05, 3.63) is 99.7 Å². The first-order chi connectivity index (χ1) is 36.0. The van der Waals surface area contributed by atoms with Gasteiger partial charge >= 0.3 is 0 Å². The van der Waals surface area contributed by atoms with Crippen molar-refractivity contribution in [2.24, 2.45) is 11.1 Å². The number of rotatable bonds is 28. The van der Waals surface area contributed by atoms with Gasteiger partial charge in [0.1, 0.15) is 24.4 Å². The van der Waals surface area contributed by atoms with Gasteiger partial charge in [0.15, 0.2) is 0 Å². The number of aliphatic hydroxyl groups is 1. The van der Waals surface area contributed by atoms with E-state index in [9.17, 15) is 29.1 Å². The predicted molar refractivity (Wildman–Crippen MR) is 286 cm³/mol. The number of aromatic nitrogens is 1. The van der Waals surface area contributed by atoms with Crippen LogP contribution < -0.4 is 26.0 Å². The van der Waals surface area contributed by atoms with E-state index in [1.165, 1.54) is 10.5 Å². The Hall–Kier alpha value is -5.76. The highest BCUT2D eigenvalue weighted by atomic mass is 32.1. The molecule has 3 aliphatic rings. The molecule has 0 radical (unpaired) electrons. The number of hydrogen-bond acceptors (Lipinski definition) is 13. The fourth-order valence-corrected chi connectivity index (χ4v) is 10.7. The zero-order valence-electron chi connectivity index (χ0n) is 44.2. The molecule has 5 N–H and O–H groups in total. The molecular weight excluding hydrogens is 977 g/mol. The van der Waals surface area contributed by atoms with Crippen LogP contribution in [-0.2, 0) is 75.3 Å². The molecule has 0 saturated carbocycles. The number of hydrogen-bond donors (Lipinski definition) is 4. The van der Waals surface area contributed by atoms with Gasteiger partial charge < -0.3 is 50.1 Å². The highest BCUT2D eigenvalue weighted by Gasteiger charge is 2.42. The Kier molecular flexibility index (Phi) is 20.8. The molecule has 1 aromatic heterocycles. The van der Waals surface area contributed by atoms with Gasteiger partial charge in [-0.2, -0.15) is 0 Å². The molecule has 17 nitrogen and oxygen atoms in total. The highest BCUT2D eigenvalue weighted by Crippen LogP contribution is 2.39. The molecule has 0 spiro atoms. The van der Waals surface area contributed by atoms with Gasteiger partial charge in [-0.25, -0.2) is 4.98 Å². The summed E-state index contributed by atoms with van der Waals surface area (Å²) < 4.78 is 29.8. The number of aryl methyl sites for hydroxylation is 3. The van der Waals surface area contributed by atoms with Crippen LogP contribution in [0.4, 0.5) is 5.69 Å². The van der Waals surface area contributed by atoms with Crippen LogP contribution in [0.5, 0.6) is 5.75 Å². The number of likely N-dealkylation sites (tertiary alicyclic amines) is 1. The first kappa shape index (κ1) is 57.0. The lowest BCUT2D eigenvalue weighted by Crippen LogP contribution is -2.53. The fraction of sp³-hybridized carbons (Fsp3) is 0.544. The Morgan fingerprint density at radius 1 is 0.893 bits per heavy atom. The minimum absolute atomic E-state index is 0.0405. The summed E-state index contributed by atoms with van der Waals surface area (Å²) in [6.45, 7) is 13.3. The number of thiazole rings is 1. The van der Waals surface area contributed by atoms with Crippen molar-refractivity contribution in [1.82, 2.24) is 20.5 Å². The first-order valence-corrected chi connectivity index (χ1v) is 27.3. The van der Waals surface area contributed by atoms with Crippen molar-refractivity contribution >= 4 is 46.6 Å². The molecule has 7 rings (SSSR count). The number of anilines is 1. The number of ether oxygens (including phenoxy) is 5. The molecule has 1 fully saturated rings. The van der Waals surface area contributed by atoms with Gasteiger partial charge in [-0.05, 0) is 85.3 Å². The van der Waals surface area contributed by atoms with Crippen LogP contribution in [0.25, 0.3) is 10.4 Å². The molecule has 0 bridgehead atoms. The molecule has 3 aromatic carbocycles. The van der Waals surface area contributed by atoms with Crippen LogP contribution in [0, 0.1) is 12.3 Å². The van der Waals surface area contributed by atoms with E-state index in [2.05, 4.69) is 27.8 Å². The Morgan fingerprint density at radius 2 is 1.60 bits per heavy atom. The maximum atomic E-state index is 13.8. The smallest absolute Gasteiger partial charge is 0.243 e. The number of β-amino-alcohol motifs (C(OH)–C–C–N with tert-alkyl or cyclic N) is 1. The Labute approximate surface area is 445 Å². The number of aliphatic hydroxyl groups excluding tert-OH is 1. The summed E-state index contributed by atoms with van der Waals surface area (Å²) in [5, 5.41) is 16.5. The summed E-state index contributed by atoms with van der Waals surface area (Å²) in [4.78, 5) is 73.9. The van der Waals surface area contributed by atoms with Crippen LogP contribution in [0.1, 0.15) is 106 Å². The van der Waals surface area contributed by atoms with Crippen molar-refractivity contribution < 1.29 is 52.8 Å². The zero-order chi connectivity index (χ0) is 53.5. The zero-order valence-corrected chi connectivity index (χ0v) is 45.1. The van der Waals surface area contributed by atoms with Crippen molar-refractivity contribution in [2.75, 3.05) is 57.7 Å². The molecule has 3 aliphatic heterocycles. The van der Waals surface area contributed by atoms with Crippen molar-refractivity contribution in [3.63, 3.8) is 0 Å². The van der Waals surface area contributed by atoms with E-state index in [1.54, 1.807) is 21.7 Å². The third-order valence-corrected chi connectivity index (χ3v) is 14.8. The summed E-state index contributed by atoms with van der Waals surface area (Å²) in [5.41, 5.74) is 14.8. The van der Waals surface area contributed by atoms with Gasteiger partial charge in [0, 0.05) is 57.4 Å². The van der Waals surface area contributed by atoms with Crippen molar-refractivity contribution in [1.29, 1.82) is 0 Å². The number of primary amides is 1. The van der Waals surface area contributed by atoms with Crippen molar-refractivity contribution in [2.45, 2.75) is 142 Å². The molecule has 5 atom stereocenters. The number of amides is 5. The maximum Gasteiger partial charge on any atom is 0.243 e. The lowest BCUT2D eigenvalue weighted by atomic mass is 9.91. The number of nitrogens with one attached hydrogen (secondary N) is 2. The average molecular weight is 1050 g/mol. The summed E-state index contributed by atoms with van der Waals surface area (Å²) in [5.74, 6) is -0.606. The largest absolute Gasteiger partial charge is 0.491 e. The minimum Gasteiger partial charge on any atom is -0.491 e. The van der Waals surface area contributed by atoms with Gasteiger partial charge in [0.05, 0.1) is 79.7 Å². The summed E-state index contributed by atoms with van der Waals surface area (Å²) in [6.07, 6.45) is 3.80. The van der Waals surface area contributed by atoms with E-state index in [-0.39, 0.29) is 68.0 Å². The Balaban J connectivity index is 0.761. The van der Waals surface area contributed by atoms with E-state index >= 15 is 0 Å². The molecule has 0 aliphatic carbocycles. The van der Waals surface area contributed by atoms with E-state index < -0.39 is 36.2 Å². The second kappa shape index (κ2) is 27.3. The van der Waals surface area contributed by atoms with Crippen LogP contribution in [0.2, 0.25) is 0 Å². The Morgan fingerprint density at radius 3 is 2.31 bits per heavy atom. The third kappa shape index (κ3) is 16.4. The number of nitrogens with two attached hydrogens (primary N) is 1. The topological polar surface area (TPSA) is 221 Å². The van der Waals surface area contributed by atoms with Crippen LogP contribution in [0.15, 0.2) is 66.2 Å². The molecule has 4 heterocycles. The fourth-order valence-electron chi connectivity index (χ4n) is 9.86. The second-order valence-electron chi connectivity index (χ2n) is 21.0. The van der Waals surface area contributed by atoms with Crippen LogP contribution in [-0.4, -0.2) is 128 Å². The molecule has 4 aromatic rings. The normalized spacial score (nSPS) is 18.1. The molecule has 5 amide bonds. The van der Waals surface area contributed by atoms with Gasteiger partial charge in [-0.1, -0.05) is 75.4 Å². The number of carbonyl (C=O) groups excluding carboxylic acids is 5. The minimum atomic E-state index is -0.750. The Bertz CT molecular complexity index is 2570. The summed E-state index contributed by atoms with van der Waals surface area (Å²) in [6, 6.07) is 18.2. The second-order valence-corrected chi connectivity index (χ2v) is 21.9. The molecule has 18 heteroatoms. The number of nitrogens with zero attached hydrogens (tertiary/aromatic N) is 3. The lowest BCUT2D eigenvalue weighted by molar-refractivity contribution is -0.140. The third-order valence-electron chi connectivity index (χ3n) is 13.8. The number of benzene rings is 3. The van der Waals surface area contributed by atoms with E-state index in [1.807, 2.05) is 83.1 Å². The first-order valence-electron chi connectivity index (χ1n) is 26.4. The molecule has 75 heavy (non-hydrogen) atoms. The van der Waals surface area contributed by atoms with Crippen LogP contribution >= 0.6 is 11.3 Å². The van der Waals surface area contributed by atoms with E-state index in [0.717, 1.165) is 69.8 Å². The SMILES string of the molecule is Cc1ncsc1-c1ccc(CNC(=O)[C@@H]2C[C@@H](O)CN2C(=O)CC(C)(C)C)c(OCCOCCOCCOCCCc2ccc(CO[C@H](C)[C@H](CCC(N)=O)NC(=O)[C@@H]3Cc4cccc5c4N3C(=O)CCC5)cc2)c1. The van der Waals surface area contributed by atoms with Gasteiger partial charge in [-0.15, -0.1) is 11.3 Å². The van der Waals surface area contributed by atoms with Crippen LogP contribution in [0.3, 0.4) is 0 Å².